The number of rotatable bonds is 4. The highest BCUT2D eigenvalue weighted by molar-refractivity contribution is 6.31. The predicted molar refractivity (Wildman–Crippen MR) is 113 cm³/mol. The molecule has 2 aromatic rings. The van der Waals surface area contributed by atoms with E-state index in [-0.39, 0.29) is 34.7 Å². The molecule has 0 atom stereocenters. The number of halogens is 1. The first kappa shape index (κ1) is 20.4. The smallest absolute Gasteiger partial charge is 0.272 e. The summed E-state index contributed by atoms with van der Waals surface area (Å²) in [6.45, 7) is 0.680. The summed E-state index contributed by atoms with van der Waals surface area (Å²) in [4.78, 5) is 46.1. The van der Waals surface area contributed by atoms with E-state index in [4.69, 9.17) is 11.6 Å². The Morgan fingerprint density at radius 2 is 2.00 bits per heavy atom. The van der Waals surface area contributed by atoms with E-state index in [9.17, 15) is 14.4 Å². The van der Waals surface area contributed by atoms with Gasteiger partial charge in [0.1, 0.15) is 5.69 Å². The third kappa shape index (κ3) is 3.67. The first-order valence-electron chi connectivity index (χ1n) is 10.1. The lowest BCUT2D eigenvalue weighted by Crippen LogP contribution is -2.44. The summed E-state index contributed by atoms with van der Waals surface area (Å²) in [6, 6.07) is 7.33. The van der Waals surface area contributed by atoms with Crippen molar-refractivity contribution in [2.45, 2.75) is 38.1 Å². The SMILES string of the molecule is CNC(=O)c1nc[nH]c1C(=O)N[C@H]1CC[C@@]2(CCN(c3cccc(Cl)c3)C2=O)CC1. The van der Waals surface area contributed by atoms with Crippen LogP contribution in [0, 0.1) is 5.41 Å². The van der Waals surface area contributed by atoms with Gasteiger partial charge in [0.05, 0.1) is 11.7 Å². The van der Waals surface area contributed by atoms with Crippen LogP contribution in [0.2, 0.25) is 5.02 Å². The lowest BCUT2D eigenvalue weighted by Gasteiger charge is -2.36. The van der Waals surface area contributed by atoms with Gasteiger partial charge in [-0.1, -0.05) is 17.7 Å². The van der Waals surface area contributed by atoms with E-state index in [1.54, 1.807) is 6.07 Å². The van der Waals surface area contributed by atoms with Gasteiger partial charge in [0.15, 0.2) is 5.69 Å². The molecule has 1 aromatic carbocycles. The van der Waals surface area contributed by atoms with Gasteiger partial charge in [0.2, 0.25) is 5.91 Å². The summed E-state index contributed by atoms with van der Waals surface area (Å²) >= 11 is 6.09. The van der Waals surface area contributed by atoms with Crippen molar-refractivity contribution in [3.8, 4) is 0 Å². The van der Waals surface area contributed by atoms with E-state index in [1.165, 1.54) is 13.4 Å². The average Bonchev–Trinajstić information content (AvgIpc) is 3.35. The largest absolute Gasteiger partial charge is 0.354 e. The average molecular weight is 430 g/mol. The first-order chi connectivity index (χ1) is 14.4. The van der Waals surface area contributed by atoms with E-state index in [1.807, 2.05) is 23.1 Å². The minimum absolute atomic E-state index is 0.0445. The standard InChI is InChI=1S/C21H24ClN5O3/c1-23-18(28)16-17(25-12-24-16)19(29)26-14-5-7-21(8-6-14)9-10-27(20(21)30)15-4-2-3-13(22)11-15/h2-4,11-12,14H,5-10H2,1H3,(H,23,28)(H,24,25)(H,26,29)/t14-,21-. The number of amides is 3. The number of hydrogen-bond donors (Lipinski definition) is 3. The minimum atomic E-state index is -0.415. The zero-order valence-electron chi connectivity index (χ0n) is 16.7. The number of carbonyl (C=O) groups is 3. The Balaban J connectivity index is 1.38. The topological polar surface area (TPSA) is 107 Å². The molecule has 2 aliphatic rings. The van der Waals surface area contributed by atoms with E-state index < -0.39 is 5.91 Å². The summed E-state index contributed by atoms with van der Waals surface area (Å²) in [6.07, 6.45) is 5.00. The molecule has 2 heterocycles. The van der Waals surface area contributed by atoms with E-state index in [0.717, 1.165) is 24.9 Å². The summed E-state index contributed by atoms with van der Waals surface area (Å²) < 4.78 is 0. The zero-order chi connectivity index (χ0) is 21.3. The fourth-order valence-electron chi connectivity index (χ4n) is 4.51. The van der Waals surface area contributed by atoms with Crippen molar-refractivity contribution in [2.24, 2.45) is 5.41 Å². The minimum Gasteiger partial charge on any atom is -0.354 e. The highest BCUT2D eigenvalue weighted by atomic mass is 35.5. The normalized spacial score (nSPS) is 23.6. The van der Waals surface area contributed by atoms with Gasteiger partial charge in [-0.05, 0) is 50.3 Å². The van der Waals surface area contributed by atoms with E-state index in [2.05, 4.69) is 20.6 Å². The summed E-state index contributed by atoms with van der Waals surface area (Å²) in [5.41, 5.74) is 0.690. The summed E-state index contributed by atoms with van der Waals surface area (Å²) in [5, 5.41) is 6.07. The van der Waals surface area contributed by atoms with Gasteiger partial charge in [-0.3, -0.25) is 14.4 Å². The van der Waals surface area contributed by atoms with Crippen molar-refractivity contribution in [3.05, 3.63) is 47.0 Å². The molecule has 1 saturated heterocycles. The first-order valence-corrected chi connectivity index (χ1v) is 10.5. The van der Waals surface area contributed by atoms with Crippen LogP contribution in [-0.2, 0) is 4.79 Å². The second-order valence-electron chi connectivity index (χ2n) is 7.92. The highest BCUT2D eigenvalue weighted by Gasteiger charge is 2.48. The van der Waals surface area contributed by atoms with Crippen molar-refractivity contribution in [1.29, 1.82) is 0 Å². The monoisotopic (exact) mass is 429 g/mol. The van der Waals surface area contributed by atoms with Gasteiger partial charge >= 0.3 is 0 Å². The Hall–Kier alpha value is -2.87. The molecular weight excluding hydrogens is 406 g/mol. The number of nitrogens with one attached hydrogen (secondary N) is 3. The Morgan fingerprint density at radius 3 is 2.70 bits per heavy atom. The number of nitrogens with zero attached hydrogens (tertiary/aromatic N) is 2. The molecule has 1 aliphatic carbocycles. The van der Waals surface area contributed by atoms with Crippen LogP contribution in [0.5, 0.6) is 0 Å². The van der Waals surface area contributed by atoms with Gasteiger partial charge in [0.25, 0.3) is 11.8 Å². The second-order valence-corrected chi connectivity index (χ2v) is 8.36. The quantitative estimate of drug-likeness (QED) is 0.694. The van der Waals surface area contributed by atoms with Gasteiger partial charge in [-0.2, -0.15) is 0 Å². The maximum absolute atomic E-state index is 13.2. The molecule has 0 bridgehead atoms. The number of H-pyrrole nitrogens is 1. The van der Waals surface area contributed by atoms with Gasteiger partial charge in [-0.15, -0.1) is 0 Å². The fraction of sp³-hybridized carbons (Fsp3) is 0.429. The maximum Gasteiger partial charge on any atom is 0.272 e. The van der Waals surface area contributed by atoms with Crippen molar-refractivity contribution in [3.63, 3.8) is 0 Å². The molecule has 4 rings (SSSR count). The third-order valence-corrected chi connectivity index (χ3v) is 6.45. The molecule has 3 amide bonds. The van der Waals surface area contributed by atoms with Crippen LogP contribution >= 0.6 is 11.6 Å². The number of aromatic nitrogens is 2. The lowest BCUT2D eigenvalue weighted by atomic mass is 9.71. The van der Waals surface area contributed by atoms with Crippen LogP contribution in [0.15, 0.2) is 30.6 Å². The van der Waals surface area contributed by atoms with Crippen LogP contribution in [0.1, 0.15) is 53.1 Å². The molecule has 2 fully saturated rings. The number of carbonyl (C=O) groups excluding carboxylic acids is 3. The second kappa shape index (κ2) is 8.10. The predicted octanol–water partition coefficient (Wildman–Crippen LogP) is 2.52. The molecule has 1 saturated carbocycles. The molecule has 30 heavy (non-hydrogen) atoms. The Kier molecular flexibility index (Phi) is 5.51. The van der Waals surface area contributed by atoms with Crippen molar-refractivity contribution in [2.75, 3.05) is 18.5 Å². The van der Waals surface area contributed by atoms with E-state index >= 15 is 0 Å². The third-order valence-electron chi connectivity index (χ3n) is 6.22. The molecule has 0 unspecified atom stereocenters. The van der Waals surface area contributed by atoms with Crippen molar-refractivity contribution in [1.82, 2.24) is 20.6 Å². The van der Waals surface area contributed by atoms with Crippen LogP contribution < -0.4 is 15.5 Å². The molecule has 1 aromatic heterocycles. The maximum atomic E-state index is 13.2. The van der Waals surface area contributed by atoms with Crippen molar-refractivity contribution >= 4 is 35.0 Å². The molecule has 158 valence electrons. The highest BCUT2D eigenvalue weighted by Crippen LogP contribution is 2.46. The van der Waals surface area contributed by atoms with Crippen LogP contribution in [-0.4, -0.2) is 47.3 Å². The Labute approximate surface area is 179 Å². The summed E-state index contributed by atoms with van der Waals surface area (Å²) in [7, 11) is 1.49. The number of anilines is 1. The Bertz CT molecular complexity index is 981. The molecule has 0 radical (unpaired) electrons. The number of hydrogen-bond acceptors (Lipinski definition) is 4. The van der Waals surface area contributed by atoms with Gasteiger partial charge in [-0.25, -0.2) is 4.98 Å². The summed E-state index contributed by atoms with van der Waals surface area (Å²) in [5.74, 6) is -0.628. The Morgan fingerprint density at radius 1 is 1.23 bits per heavy atom. The molecule has 9 heteroatoms. The molecule has 8 nitrogen and oxygen atoms in total. The van der Waals surface area contributed by atoms with E-state index in [0.29, 0.717) is 24.4 Å². The van der Waals surface area contributed by atoms with Gasteiger partial charge < -0.3 is 20.5 Å². The fourth-order valence-corrected chi connectivity index (χ4v) is 4.69. The number of aromatic amines is 1. The van der Waals surface area contributed by atoms with Gasteiger partial charge in [0, 0.05) is 30.3 Å². The number of benzene rings is 1. The zero-order valence-corrected chi connectivity index (χ0v) is 17.5. The molecule has 1 aliphatic heterocycles. The molecule has 1 spiro atoms. The number of imidazole rings is 1. The van der Waals surface area contributed by atoms with Crippen LogP contribution in [0.25, 0.3) is 0 Å². The van der Waals surface area contributed by atoms with Crippen LogP contribution in [0.3, 0.4) is 0 Å². The molecule has 3 N–H and O–H groups in total. The van der Waals surface area contributed by atoms with Crippen molar-refractivity contribution < 1.29 is 14.4 Å². The van der Waals surface area contributed by atoms with Crippen LogP contribution in [0.4, 0.5) is 5.69 Å². The lowest BCUT2D eigenvalue weighted by molar-refractivity contribution is -0.127. The molecular formula is C21H24ClN5O3.